The van der Waals surface area contributed by atoms with Gasteiger partial charge in [0.1, 0.15) is 5.76 Å². The molecule has 94 valence electrons. The van der Waals surface area contributed by atoms with Crippen LogP contribution in [0.25, 0.3) is 0 Å². The summed E-state index contributed by atoms with van der Waals surface area (Å²) >= 11 is 0. The standard InChI is InChI=1S/C13H19NO3/c1-10-4-5-11(17-10)12(16)14-8-13(9-15)6-2-3-7-13/h4-5,15H,2-3,6-9H2,1H3,(H,14,16). The predicted molar refractivity (Wildman–Crippen MR) is 63.8 cm³/mol. The molecule has 0 aliphatic heterocycles. The second kappa shape index (κ2) is 4.92. The Morgan fingerprint density at radius 1 is 1.47 bits per heavy atom. The number of carbonyl (C=O) groups is 1. The molecule has 1 aliphatic rings. The average Bonchev–Trinajstić information content (AvgIpc) is 2.95. The number of carbonyl (C=O) groups excluding carboxylic acids is 1. The summed E-state index contributed by atoms with van der Waals surface area (Å²) in [6, 6.07) is 3.44. The Morgan fingerprint density at radius 2 is 2.18 bits per heavy atom. The summed E-state index contributed by atoms with van der Waals surface area (Å²) < 4.78 is 5.25. The number of rotatable bonds is 4. The van der Waals surface area contributed by atoms with Crippen molar-refractivity contribution in [3.05, 3.63) is 23.7 Å². The zero-order valence-corrected chi connectivity index (χ0v) is 10.2. The molecule has 1 amide bonds. The molecule has 0 saturated heterocycles. The Hall–Kier alpha value is -1.29. The van der Waals surface area contributed by atoms with Crippen molar-refractivity contribution in [1.29, 1.82) is 0 Å². The molecule has 0 bridgehead atoms. The molecule has 17 heavy (non-hydrogen) atoms. The van der Waals surface area contributed by atoms with Gasteiger partial charge in [-0.2, -0.15) is 0 Å². The van der Waals surface area contributed by atoms with Crippen molar-refractivity contribution in [2.75, 3.05) is 13.2 Å². The first kappa shape index (κ1) is 12.2. The van der Waals surface area contributed by atoms with Crippen molar-refractivity contribution >= 4 is 5.91 Å². The van der Waals surface area contributed by atoms with Crippen LogP contribution in [-0.2, 0) is 0 Å². The van der Waals surface area contributed by atoms with Crippen molar-refractivity contribution < 1.29 is 14.3 Å². The predicted octanol–water partition coefficient (Wildman–Crippen LogP) is 1.87. The van der Waals surface area contributed by atoms with Gasteiger partial charge in [-0.3, -0.25) is 4.79 Å². The zero-order chi connectivity index (χ0) is 12.3. The largest absolute Gasteiger partial charge is 0.456 e. The van der Waals surface area contributed by atoms with Gasteiger partial charge in [-0.1, -0.05) is 12.8 Å². The van der Waals surface area contributed by atoms with Gasteiger partial charge in [0.25, 0.3) is 5.91 Å². The third-order valence-corrected chi connectivity index (χ3v) is 3.59. The summed E-state index contributed by atoms with van der Waals surface area (Å²) in [6.07, 6.45) is 4.24. The molecule has 1 saturated carbocycles. The molecule has 1 fully saturated rings. The van der Waals surface area contributed by atoms with E-state index in [9.17, 15) is 9.90 Å². The fraction of sp³-hybridized carbons (Fsp3) is 0.615. The quantitative estimate of drug-likeness (QED) is 0.840. The summed E-state index contributed by atoms with van der Waals surface area (Å²) in [5, 5.41) is 12.3. The van der Waals surface area contributed by atoms with E-state index < -0.39 is 0 Å². The third kappa shape index (κ3) is 2.69. The maximum Gasteiger partial charge on any atom is 0.287 e. The normalized spacial score (nSPS) is 18.2. The van der Waals surface area contributed by atoms with E-state index in [1.165, 1.54) is 0 Å². The lowest BCUT2D eigenvalue weighted by molar-refractivity contribution is 0.0854. The van der Waals surface area contributed by atoms with Crippen LogP contribution in [0.15, 0.2) is 16.5 Å². The van der Waals surface area contributed by atoms with Crippen LogP contribution < -0.4 is 5.32 Å². The topological polar surface area (TPSA) is 62.5 Å². The first-order valence-corrected chi connectivity index (χ1v) is 6.11. The van der Waals surface area contributed by atoms with E-state index >= 15 is 0 Å². The van der Waals surface area contributed by atoms with E-state index in [4.69, 9.17) is 4.42 Å². The Kier molecular flexibility index (Phi) is 3.52. The molecule has 2 N–H and O–H groups in total. The van der Waals surface area contributed by atoms with Crippen molar-refractivity contribution in [3.63, 3.8) is 0 Å². The number of amides is 1. The van der Waals surface area contributed by atoms with Crippen LogP contribution in [-0.4, -0.2) is 24.2 Å². The summed E-state index contributed by atoms with van der Waals surface area (Å²) in [5.41, 5.74) is -0.114. The molecule has 4 heteroatoms. The molecule has 0 unspecified atom stereocenters. The van der Waals surface area contributed by atoms with E-state index in [0.29, 0.717) is 12.3 Å². The summed E-state index contributed by atoms with van der Waals surface area (Å²) in [5.74, 6) is 0.874. The number of hydrogen-bond donors (Lipinski definition) is 2. The van der Waals surface area contributed by atoms with Crippen LogP contribution >= 0.6 is 0 Å². The minimum Gasteiger partial charge on any atom is -0.456 e. The first-order valence-electron chi connectivity index (χ1n) is 6.11. The first-order chi connectivity index (χ1) is 8.15. The fourth-order valence-electron chi connectivity index (χ4n) is 2.43. The van der Waals surface area contributed by atoms with E-state index in [0.717, 1.165) is 31.4 Å². The molecule has 2 rings (SSSR count). The molecule has 0 radical (unpaired) electrons. The lowest BCUT2D eigenvalue weighted by Gasteiger charge is -2.26. The van der Waals surface area contributed by atoms with Crippen LogP contribution in [0.2, 0.25) is 0 Å². The van der Waals surface area contributed by atoms with Gasteiger partial charge in [-0.05, 0) is 31.9 Å². The molecular formula is C13H19NO3. The highest BCUT2D eigenvalue weighted by Gasteiger charge is 2.33. The van der Waals surface area contributed by atoms with Gasteiger partial charge in [0.05, 0.1) is 6.61 Å². The zero-order valence-electron chi connectivity index (χ0n) is 10.2. The lowest BCUT2D eigenvalue weighted by atomic mass is 9.87. The Balaban J connectivity index is 1.91. The summed E-state index contributed by atoms with van der Waals surface area (Å²) in [7, 11) is 0. The summed E-state index contributed by atoms with van der Waals surface area (Å²) in [4.78, 5) is 11.8. The van der Waals surface area contributed by atoms with Crippen molar-refractivity contribution in [2.24, 2.45) is 5.41 Å². The number of nitrogens with one attached hydrogen (secondary N) is 1. The van der Waals surface area contributed by atoms with Crippen molar-refractivity contribution in [3.8, 4) is 0 Å². The highest BCUT2D eigenvalue weighted by atomic mass is 16.3. The third-order valence-electron chi connectivity index (χ3n) is 3.59. The number of furan rings is 1. The molecular weight excluding hydrogens is 218 g/mol. The van der Waals surface area contributed by atoms with Gasteiger partial charge in [-0.15, -0.1) is 0 Å². The Bertz CT molecular complexity index is 391. The summed E-state index contributed by atoms with van der Waals surface area (Å²) in [6.45, 7) is 2.48. The van der Waals surface area contributed by atoms with Crippen LogP contribution in [0.4, 0.5) is 0 Å². The van der Waals surface area contributed by atoms with Crippen molar-refractivity contribution in [1.82, 2.24) is 5.32 Å². The van der Waals surface area contributed by atoms with Crippen LogP contribution in [0, 0.1) is 12.3 Å². The van der Waals surface area contributed by atoms with E-state index in [1.807, 2.05) is 6.92 Å². The van der Waals surface area contributed by atoms with Gasteiger partial charge in [0.2, 0.25) is 0 Å². The maximum atomic E-state index is 11.8. The smallest absolute Gasteiger partial charge is 0.287 e. The Labute approximate surface area is 101 Å². The molecule has 1 aliphatic carbocycles. The highest BCUT2D eigenvalue weighted by Crippen LogP contribution is 2.36. The molecule has 0 spiro atoms. The molecule has 0 aromatic carbocycles. The minimum atomic E-state index is -0.196. The van der Waals surface area contributed by atoms with Crippen LogP contribution in [0.1, 0.15) is 42.0 Å². The molecule has 1 heterocycles. The van der Waals surface area contributed by atoms with E-state index in [-0.39, 0.29) is 17.9 Å². The number of aryl methyl sites for hydroxylation is 1. The van der Waals surface area contributed by atoms with Gasteiger partial charge in [0, 0.05) is 12.0 Å². The molecule has 1 aromatic rings. The molecule has 0 atom stereocenters. The van der Waals surface area contributed by atoms with Crippen molar-refractivity contribution in [2.45, 2.75) is 32.6 Å². The maximum absolute atomic E-state index is 11.8. The van der Waals surface area contributed by atoms with Crippen LogP contribution in [0.5, 0.6) is 0 Å². The van der Waals surface area contributed by atoms with E-state index in [1.54, 1.807) is 12.1 Å². The monoisotopic (exact) mass is 237 g/mol. The van der Waals surface area contributed by atoms with Gasteiger partial charge in [-0.25, -0.2) is 0 Å². The SMILES string of the molecule is Cc1ccc(C(=O)NCC2(CO)CCCC2)o1. The minimum absolute atomic E-state index is 0.114. The highest BCUT2D eigenvalue weighted by molar-refractivity contribution is 5.91. The van der Waals surface area contributed by atoms with Crippen LogP contribution in [0.3, 0.4) is 0 Å². The molecule has 1 aromatic heterocycles. The lowest BCUT2D eigenvalue weighted by Crippen LogP contribution is -2.38. The average molecular weight is 237 g/mol. The van der Waals surface area contributed by atoms with Gasteiger partial charge >= 0.3 is 0 Å². The fourth-order valence-corrected chi connectivity index (χ4v) is 2.43. The second-order valence-electron chi connectivity index (χ2n) is 4.96. The van der Waals surface area contributed by atoms with Gasteiger partial charge in [0.15, 0.2) is 5.76 Å². The molecule has 4 nitrogen and oxygen atoms in total. The second-order valence-corrected chi connectivity index (χ2v) is 4.96. The number of hydrogen-bond acceptors (Lipinski definition) is 3. The Morgan fingerprint density at radius 3 is 2.71 bits per heavy atom. The van der Waals surface area contributed by atoms with Gasteiger partial charge < -0.3 is 14.8 Å². The van der Waals surface area contributed by atoms with E-state index in [2.05, 4.69) is 5.32 Å². The number of aliphatic hydroxyl groups excluding tert-OH is 1. The number of aliphatic hydroxyl groups is 1.